The van der Waals surface area contributed by atoms with Crippen LogP contribution in [0.4, 0.5) is 5.13 Å². The van der Waals surface area contributed by atoms with Crippen LogP contribution in [-0.2, 0) is 17.8 Å². The van der Waals surface area contributed by atoms with Crippen LogP contribution in [-0.4, -0.2) is 28.3 Å². The largest absolute Gasteiger partial charge is 0.503 e. The number of hydrogen-bond donors (Lipinski definition) is 3. The highest BCUT2D eigenvalue weighted by Crippen LogP contribution is 2.35. The number of hydrogen-bond acceptors (Lipinski definition) is 6. The summed E-state index contributed by atoms with van der Waals surface area (Å²) in [6.45, 7) is 0.481. The third-order valence-electron chi connectivity index (χ3n) is 2.64. The Morgan fingerprint density at radius 3 is 2.95 bits per heavy atom. The lowest BCUT2D eigenvalue weighted by Gasteiger charge is -2.09. The van der Waals surface area contributed by atoms with Crippen molar-refractivity contribution in [2.75, 3.05) is 12.4 Å². The molecule has 0 amide bonds. The van der Waals surface area contributed by atoms with E-state index in [1.807, 2.05) is 0 Å². The lowest BCUT2D eigenvalue weighted by Crippen LogP contribution is -2.02. The molecular formula is C13H13BrN2O4S. The Kier molecular flexibility index (Phi) is 5.03. The zero-order chi connectivity index (χ0) is 15.4. The first-order chi connectivity index (χ1) is 9.99. The van der Waals surface area contributed by atoms with Crippen molar-refractivity contribution in [3.8, 4) is 11.5 Å². The molecule has 0 saturated carbocycles. The van der Waals surface area contributed by atoms with Gasteiger partial charge in [0.05, 0.1) is 23.7 Å². The second-order valence-electron chi connectivity index (χ2n) is 4.20. The molecule has 1 aromatic carbocycles. The van der Waals surface area contributed by atoms with E-state index in [0.29, 0.717) is 27.6 Å². The molecule has 0 saturated heterocycles. The average molecular weight is 373 g/mol. The van der Waals surface area contributed by atoms with Gasteiger partial charge in [-0.3, -0.25) is 4.79 Å². The fraction of sp³-hybridized carbons (Fsp3) is 0.231. The van der Waals surface area contributed by atoms with Crippen LogP contribution in [0.5, 0.6) is 11.5 Å². The van der Waals surface area contributed by atoms with Crippen molar-refractivity contribution in [1.82, 2.24) is 4.98 Å². The van der Waals surface area contributed by atoms with Crippen LogP contribution < -0.4 is 10.1 Å². The van der Waals surface area contributed by atoms with Gasteiger partial charge in [-0.1, -0.05) is 0 Å². The van der Waals surface area contributed by atoms with Gasteiger partial charge in [-0.05, 0) is 33.6 Å². The summed E-state index contributed by atoms with van der Waals surface area (Å²) in [5, 5.41) is 23.9. The van der Waals surface area contributed by atoms with Crippen molar-refractivity contribution in [1.29, 1.82) is 0 Å². The number of methoxy groups -OCH3 is 1. The zero-order valence-electron chi connectivity index (χ0n) is 11.1. The molecule has 1 heterocycles. The number of benzene rings is 1. The van der Waals surface area contributed by atoms with E-state index in [-0.39, 0.29) is 12.2 Å². The van der Waals surface area contributed by atoms with Gasteiger partial charge < -0.3 is 20.3 Å². The molecule has 21 heavy (non-hydrogen) atoms. The Morgan fingerprint density at radius 1 is 1.52 bits per heavy atom. The van der Waals surface area contributed by atoms with E-state index >= 15 is 0 Å². The van der Waals surface area contributed by atoms with E-state index in [0.717, 1.165) is 5.56 Å². The molecular weight excluding hydrogens is 360 g/mol. The monoisotopic (exact) mass is 372 g/mol. The van der Waals surface area contributed by atoms with Gasteiger partial charge in [-0.15, -0.1) is 11.3 Å². The lowest BCUT2D eigenvalue weighted by molar-refractivity contribution is -0.136. The first-order valence-electron chi connectivity index (χ1n) is 5.95. The summed E-state index contributed by atoms with van der Waals surface area (Å²) in [7, 11) is 1.48. The predicted molar refractivity (Wildman–Crippen MR) is 83.1 cm³/mol. The first kappa shape index (κ1) is 15.6. The van der Waals surface area contributed by atoms with E-state index in [2.05, 4.69) is 26.2 Å². The van der Waals surface area contributed by atoms with Crippen LogP contribution in [0, 0.1) is 0 Å². The summed E-state index contributed by atoms with van der Waals surface area (Å²) in [5.41, 5.74) is 1.42. The summed E-state index contributed by atoms with van der Waals surface area (Å²) in [6.07, 6.45) is -0.0865. The molecule has 0 radical (unpaired) electrons. The minimum Gasteiger partial charge on any atom is -0.503 e. The summed E-state index contributed by atoms with van der Waals surface area (Å²) in [5.74, 6) is -0.467. The highest BCUT2D eigenvalue weighted by Gasteiger charge is 2.10. The molecule has 1 aromatic heterocycles. The smallest absolute Gasteiger partial charge is 0.309 e. The number of carbonyl (C=O) groups is 1. The zero-order valence-corrected chi connectivity index (χ0v) is 13.5. The number of carboxylic acids is 1. The number of nitrogens with zero attached hydrogens (tertiary/aromatic N) is 1. The van der Waals surface area contributed by atoms with Gasteiger partial charge in [0.15, 0.2) is 16.6 Å². The van der Waals surface area contributed by atoms with Crippen molar-refractivity contribution < 1.29 is 19.7 Å². The normalized spacial score (nSPS) is 10.4. The molecule has 112 valence electrons. The molecule has 0 aliphatic rings. The quantitative estimate of drug-likeness (QED) is 0.721. The number of nitrogens with one attached hydrogen (secondary N) is 1. The average Bonchev–Trinajstić information content (AvgIpc) is 2.86. The minimum absolute atomic E-state index is 0.0549. The highest BCUT2D eigenvalue weighted by atomic mass is 79.9. The van der Waals surface area contributed by atoms with E-state index in [9.17, 15) is 9.90 Å². The standard InChI is InChI=1S/C13H13BrN2O4S/c1-20-10-3-7(2-9(14)12(10)19)5-15-13-16-8(6-21-13)4-11(17)18/h2-3,6,19H,4-5H2,1H3,(H,15,16)(H,17,18). The van der Waals surface area contributed by atoms with E-state index in [4.69, 9.17) is 9.84 Å². The molecule has 0 bridgehead atoms. The number of phenolic OH excluding ortho intramolecular Hbond substituents is 1. The van der Waals surface area contributed by atoms with Gasteiger partial charge in [0.25, 0.3) is 0 Å². The third-order valence-corrected chi connectivity index (χ3v) is 4.09. The molecule has 3 N–H and O–H groups in total. The van der Waals surface area contributed by atoms with Gasteiger partial charge in [0.1, 0.15) is 0 Å². The Morgan fingerprint density at radius 2 is 2.29 bits per heavy atom. The molecule has 2 aromatic rings. The number of aliphatic carboxylic acids is 1. The lowest BCUT2D eigenvalue weighted by atomic mass is 10.2. The number of thiazole rings is 1. The molecule has 0 aliphatic heterocycles. The van der Waals surface area contributed by atoms with Crippen molar-refractivity contribution in [2.24, 2.45) is 0 Å². The Balaban J connectivity index is 2.04. The third kappa shape index (κ3) is 4.08. The Labute approximate surface area is 133 Å². The summed E-state index contributed by atoms with van der Waals surface area (Å²) in [4.78, 5) is 14.8. The number of rotatable bonds is 6. The predicted octanol–water partition coefficient (Wildman–Crippen LogP) is 2.86. The van der Waals surface area contributed by atoms with Crippen LogP contribution in [0.15, 0.2) is 22.0 Å². The van der Waals surface area contributed by atoms with Gasteiger partial charge >= 0.3 is 5.97 Å². The van der Waals surface area contributed by atoms with Crippen LogP contribution in [0.3, 0.4) is 0 Å². The number of carboxylic acid groups (broad SMARTS) is 1. The number of aromatic hydroxyl groups is 1. The van der Waals surface area contributed by atoms with Gasteiger partial charge in [-0.25, -0.2) is 4.98 Å². The molecule has 2 rings (SSSR count). The van der Waals surface area contributed by atoms with E-state index < -0.39 is 5.97 Å². The summed E-state index contributed by atoms with van der Waals surface area (Å²) >= 11 is 4.61. The maximum Gasteiger partial charge on any atom is 0.309 e. The fourth-order valence-corrected chi connectivity index (χ4v) is 2.89. The van der Waals surface area contributed by atoms with Crippen molar-refractivity contribution >= 4 is 38.4 Å². The highest BCUT2D eigenvalue weighted by molar-refractivity contribution is 9.10. The SMILES string of the molecule is COc1cc(CNc2nc(CC(=O)O)cs2)cc(Br)c1O. The van der Waals surface area contributed by atoms with Crippen LogP contribution in [0.1, 0.15) is 11.3 Å². The molecule has 0 spiro atoms. The number of phenols is 1. The fourth-order valence-electron chi connectivity index (χ4n) is 1.69. The number of anilines is 1. The van der Waals surface area contributed by atoms with Crippen molar-refractivity contribution in [2.45, 2.75) is 13.0 Å². The molecule has 0 atom stereocenters. The summed E-state index contributed by atoms with van der Waals surface area (Å²) < 4.78 is 5.63. The molecule has 0 unspecified atom stereocenters. The maximum absolute atomic E-state index is 10.6. The second-order valence-corrected chi connectivity index (χ2v) is 5.91. The molecule has 8 heteroatoms. The molecule has 0 aliphatic carbocycles. The minimum atomic E-state index is -0.904. The van der Waals surface area contributed by atoms with Crippen molar-refractivity contribution in [3.63, 3.8) is 0 Å². The van der Waals surface area contributed by atoms with Gasteiger partial charge in [-0.2, -0.15) is 0 Å². The first-order valence-corrected chi connectivity index (χ1v) is 7.62. The summed E-state index contributed by atoms with van der Waals surface area (Å²) in [6, 6.07) is 3.50. The number of ether oxygens (including phenoxy) is 1. The van der Waals surface area contributed by atoms with Crippen LogP contribution in [0.25, 0.3) is 0 Å². The topological polar surface area (TPSA) is 91.7 Å². The number of halogens is 1. The second kappa shape index (κ2) is 6.77. The maximum atomic E-state index is 10.6. The van der Waals surface area contributed by atoms with Crippen LogP contribution in [0.2, 0.25) is 0 Å². The Hall–Kier alpha value is -1.80. The van der Waals surface area contributed by atoms with Gasteiger partial charge in [0.2, 0.25) is 0 Å². The Bertz CT molecular complexity index is 660. The van der Waals surface area contributed by atoms with E-state index in [1.54, 1.807) is 17.5 Å². The van der Waals surface area contributed by atoms with E-state index in [1.165, 1.54) is 18.4 Å². The molecule has 0 fully saturated rings. The van der Waals surface area contributed by atoms with Gasteiger partial charge in [0, 0.05) is 11.9 Å². The molecule has 6 nitrogen and oxygen atoms in total. The van der Waals surface area contributed by atoms with Crippen LogP contribution >= 0.6 is 27.3 Å². The number of aromatic nitrogens is 1. The van der Waals surface area contributed by atoms with Crippen molar-refractivity contribution in [3.05, 3.63) is 33.2 Å².